The quantitative estimate of drug-likeness (QED) is 0.907. The zero-order valence-corrected chi connectivity index (χ0v) is 11.6. The first-order valence-corrected chi connectivity index (χ1v) is 6.46. The summed E-state index contributed by atoms with van der Waals surface area (Å²) >= 11 is 1.09. The first kappa shape index (κ1) is 13.4. The van der Waals surface area contributed by atoms with E-state index in [9.17, 15) is 14.4 Å². The predicted octanol–water partition coefficient (Wildman–Crippen LogP) is 1.02. The Hall–Kier alpha value is -2.02. The summed E-state index contributed by atoms with van der Waals surface area (Å²) in [6, 6.07) is -0.583. The highest BCUT2D eigenvalue weighted by molar-refractivity contribution is 7.20. The SMILES string of the molecule is CC(=O)C(C)n1cnc2sc(C(N)=O)c(C)c2c1=O. The fourth-order valence-electron chi connectivity index (χ4n) is 1.84. The topological polar surface area (TPSA) is 95.0 Å². The third-order valence-corrected chi connectivity index (χ3v) is 4.32. The molecule has 19 heavy (non-hydrogen) atoms. The van der Waals surface area contributed by atoms with E-state index in [2.05, 4.69) is 4.98 Å². The highest BCUT2D eigenvalue weighted by Crippen LogP contribution is 2.26. The van der Waals surface area contributed by atoms with Crippen molar-refractivity contribution in [1.82, 2.24) is 9.55 Å². The van der Waals surface area contributed by atoms with Gasteiger partial charge in [0.05, 0.1) is 22.6 Å². The van der Waals surface area contributed by atoms with Gasteiger partial charge in [-0.15, -0.1) is 11.3 Å². The molecule has 2 aromatic heterocycles. The number of carbonyl (C=O) groups is 2. The highest BCUT2D eigenvalue weighted by Gasteiger charge is 2.20. The molecule has 7 heteroatoms. The van der Waals surface area contributed by atoms with Crippen molar-refractivity contribution in [3.8, 4) is 0 Å². The minimum atomic E-state index is -0.583. The monoisotopic (exact) mass is 279 g/mol. The summed E-state index contributed by atoms with van der Waals surface area (Å²) in [6.45, 7) is 4.70. The van der Waals surface area contributed by atoms with Crippen LogP contribution in [0.4, 0.5) is 0 Å². The van der Waals surface area contributed by atoms with Crippen LogP contribution in [0.5, 0.6) is 0 Å². The van der Waals surface area contributed by atoms with Gasteiger partial charge < -0.3 is 5.73 Å². The molecule has 2 rings (SSSR count). The average Bonchev–Trinajstić information content (AvgIpc) is 2.67. The van der Waals surface area contributed by atoms with Crippen LogP contribution in [0.3, 0.4) is 0 Å². The lowest BCUT2D eigenvalue weighted by molar-refractivity contribution is -0.119. The molecule has 0 saturated carbocycles. The van der Waals surface area contributed by atoms with E-state index in [1.807, 2.05) is 0 Å². The molecule has 0 aliphatic rings. The third-order valence-electron chi connectivity index (χ3n) is 3.11. The van der Waals surface area contributed by atoms with E-state index in [-0.39, 0.29) is 11.3 Å². The average molecular weight is 279 g/mol. The molecular formula is C12H13N3O3S. The van der Waals surface area contributed by atoms with Crippen molar-refractivity contribution >= 4 is 33.2 Å². The number of aromatic nitrogens is 2. The Labute approximate surface area is 112 Å². The van der Waals surface area contributed by atoms with Gasteiger partial charge >= 0.3 is 0 Å². The summed E-state index contributed by atoms with van der Waals surface area (Å²) < 4.78 is 1.27. The van der Waals surface area contributed by atoms with Crippen LogP contribution in [-0.4, -0.2) is 21.2 Å². The van der Waals surface area contributed by atoms with Gasteiger partial charge in [-0.3, -0.25) is 19.0 Å². The molecule has 0 spiro atoms. The molecule has 0 aliphatic carbocycles. The maximum Gasteiger partial charge on any atom is 0.263 e. The molecule has 0 radical (unpaired) electrons. The zero-order chi connectivity index (χ0) is 14.3. The second kappa shape index (κ2) is 4.58. The number of hydrogen-bond donors (Lipinski definition) is 1. The van der Waals surface area contributed by atoms with Crippen LogP contribution in [0.2, 0.25) is 0 Å². The summed E-state index contributed by atoms with van der Waals surface area (Å²) in [5, 5.41) is 0.356. The summed E-state index contributed by atoms with van der Waals surface area (Å²) in [6.07, 6.45) is 1.33. The normalized spacial score (nSPS) is 12.6. The zero-order valence-electron chi connectivity index (χ0n) is 10.8. The Morgan fingerprint density at radius 1 is 1.47 bits per heavy atom. The Bertz CT molecular complexity index is 744. The number of rotatable bonds is 3. The van der Waals surface area contributed by atoms with E-state index in [0.717, 1.165) is 11.3 Å². The number of fused-ring (bicyclic) bond motifs is 1. The number of aryl methyl sites for hydroxylation is 1. The van der Waals surface area contributed by atoms with E-state index < -0.39 is 11.9 Å². The largest absolute Gasteiger partial charge is 0.365 e. The van der Waals surface area contributed by atoms with Crippen molar-refractivity contribution in [2.24, 2.45) is 5.73 Å². The van der Waals surface area contributed by atoms with Crippen molar-refractivity contribution in [2.75, 3.05) is 0 Å². The maximum atomic E-state index is 12.4. The third kappa shape index (κ3) is 2.06. The van der Waals surface area contributed by atoms with Gasteiger partial charge in [0.15, 0.2) is 5.78 Å². The number of primary amides is 1. The molecule has 2 aromatic rings. The minimum Gasteiger partial charge on any atom is -0.365 e. The van der Waals surface area contributed by atoms with Crippen LogP contribution in [-0.2, 0) is 4.79 Å². The fourth-order valence-corrected chi connectivity index (χ4v) is 2.84. The molecule has 0 fully saturated rings. The maximum absolute atomic E-state index is 12.4. The number of ketones is 1. The van der Waals surface area contributed by atoms with Gasteiger partial charge in [-0.2, -0.15) is 0 Å². The second-order valence-corrected chi connectivity index (χ2v) is 5.34. The lowest BCUT2D eigenvalue weighted by Gasteiger charge is -2.10. The number of Topliss-reactive ketones (excluding diaryl/α,β-unsaturated/α-hetero) is 1. The van der Waals surface area contributed by atoms with E-state index in [4.69, 9.17) is 5.73 Å². The van der Waals surface area contributed by atoms with Crippen LogP contribution in [0.15, 0.2) is 11.1 Å². The Morgan fingerprint density at radius 3 is 2.63 bits per heavy atom. The number of nitrogens with zero attached hydrogens (tertiary/aromatic N) is 2. The molecule has 6 nitrogen and oxygen atoms in total. The number of thiophene rings is 1. The van der Waals surface area contributed by atoms with Crippen molar-refractivity contribution in [3.63, 3.8) is 0 Å². The van der Waals surface area contributed by atoms with Crippen molar-refractivity contribution in [3.05, 3.63) is 27.1 Å². The smallest absolute Gasteiger partial charge is 0.263 e. The number of carbonyl (C=O) groups excluding carboxylic acids is 2. The fraction of sp³-hybridized carbons (Fsp3) is 0.333. The summed E-state index contributed by atoms with van der Waals surface area (Å²) in [4.78, 5) is 39.9. The number of amides is 1. The molecule has 1 unspecified atom stereocenters. The molecule has 2 heterocycles. The summed E-state index contributed by atoms with van der Waals surface area (Å²) in [5.41, 5.74) is 5.45. The summed E-state index contributed by atoms with van der Waals surface area (Å²) in [7, 11) is 0. The van der Waals surface area contributed by atoms with Crippen molar-refractivity contribution < 1.29 is 9.59 Å². The Balaban J connectivity index is 2.78. The van der Waals surface area contributed by atoms with Crippen LogP contribution in [0, 0.1) is 6.92 Å². The van der Waals surface area contributed by atoms with E-state index in [0.29, 0.717) is 20.7 Å². The van der Waals surface area contributed by atoms with Gasteiger partial charge in [0, 0.05) is 0 Å². The second-order valence-electron chi connectivity index (χ2n) is 4.34. The molecule has 1 amide bonds. The van der Waals surface area contributed by atoms with Gasteiger partial charge in [-0.05, 0) is 26.3 Å². The van der Waals surface area contributed by atoms with E-state index in [1.165, 1.54) is 17.8 Å². The molecule has 0 bridgehead atoms. The number of nitrogens with two attached hydrogens (primary N) is 1. The lowest BCUT2D eigenvalue weighted by atomic mass is 10.2. The standard InChI is InChI=1S/C12H13N3O3S/c1-5-8-11(19-9(5)10(13)17)14-4-15(12(8)18)6(2)7(3)16/h4,6H,1-3H3,(H2,13,17). The van der Waals surface area contributed by atoms with Crippen molar-refractivity contribution in [1.29, 1.82) is 0 Å². The lowest BCUT2D eigenvalue weighted by Crippen LogP contribution is -2.27. The Kier molecular flexibility index (Phi) is 3.23. The van der Waals surface area contributed by atoms with Crippen LogP contribution in [0.1, 0.15) is 35.1 Å². The molecule has 100 valence electrons. The molecule has 0 saturated heterocycles. The van der Waals surface area contributed by atoms with E-state index >= 15 is 0 Å². The highest BCUT2D eigenvalue weighted by atomic mass is 32.1. The van der Waals surface area contributed by atoms with Gasteiger partial charge in [0.25, 0.3) is 11.5 Å². The molecule has 0 aliphatic heterocycles. The van der Waals surface area contributed by atoms with Gasteiger partial charge in [-0.25, -0.2) is 4.98 Å². The van der Waals surface area contributed by atoms with Crippen LogP contribution in [0.25, 0.3) is 10.2 Å². The summed E-state index contributed by atoms with van der Waals surface area (Å²) in [5.74, 6) is -0.711. The predicted molar refractivity (Wildman–Crippen MR) is 72.5 cm³/mol. The van der Waals surface area contributed by atoms with Gasteiger partial charge in [0.2, 0.25) is 0 Å². The number of hydrogen-bond acceptors (Lipinski definition) is 5. The van der Waals surface area contributed by atoms with E-state index in [1.54, 1.807) is 13.8 Å². The molecular weight excluding hydrogens is 266 g/mol. The van der Waals surface area contributed by atoms with Crippen molar-refractivity contribution in [2.45, 2.75) is 26.8 Å². The first-order chi connectivity index (χ1) is 8.84. The Morgan fingerprint density at radius 2 is 2.11 bits per heavy atom. The van der Waals surface area contributed by atoms with Gasteiger partial charge in [0.1, 0.15) is 4.83 Å². The van der Waals surface area contributed by atoms with Gasteiger partial charge in [-0.1, -0.05) is 0 Å². The molecule has 2 N–H and O–H groups in total. The van der Waals surface area contributed by atoms with Crippen LogP contribution < -0.4 is 11.3 Å². The van der Waals surface area contributed by atoms with Crippen LogP contribution >= 0.6 is 11.3 Å². The molecule has 1 atom stereocenters. The molecule has 0 aromatic carbocycles. The first-order valence-electron chi connectivity index (χ1n) is 5.65. The minimum absolute atomic E-state index is 0.133.